The molecular weight excluding hydrogens is 798 g/mol. The van der Waals surface area contributed by atoms with Crippen molar-refractivity contribution in [3.8, 4) is 28.0 Å². The van der Waals surface area contributed by atoms with Crippen LogP contribution in [0.4, 0.5) is 22.8 Å². The molecule has 2 saturated heterocycles. The molecule has 1 unspecified atom stereocenters. The number of halogens is 3. The van der Waals surface area contributed by atoms with E-state index < -0.39 is 67.1 Å². The molecule has 2 aromatic heterocycles. The number of methoxy groups -OCH3 is 2. The summed E-state index contributed by atoms with van der Waals surface area (Å²) in [4.78, 5) is 70.8. The molecule has 2 aliphatic rings. The summed E-state index contributed by atoms with van der Waals surface area (Å²) in [6.45, 7) is 4.83. The standard InChI is InChI=1S/C43H49F3N8O7/c1-22(2)35(51-41(57)59-5)39(55)53-17-7-9-32(53)37-47-28-15-12-24(19-30(28)49-37)25-11-14-27(34(21-25)61-43(44,45)46)26-13-16-29-31(20-26)50-38(48-29)33-10-8-18-54(33)40(56)36(23(3)4)52-42(58)60-6/h11-16,19-23,32-33,35-36H,7-10,17-18H2,1-6H3,(H,47,49)(H,48,50)(H,51,57)(H,52,58)/t32-,33-,35-,36-/m0/s1/i3D,23D,36D/t23?,32-,33-,35-,36-. The molecule has 4 heterocycles. The van der Waals surface area contributed by atoms with E-state index in [1.807, 2.05) is 13.8 Å². The number of benzene rings is 3. The first-order chi connectivity index (χ1) is 30.3. The van der Waals surface area contributed by atoms with E-state index >= 15 is 0 Å². The predicted octanol–water partition coefficient (Wildman–Crippen LogP) is 7.76. The molecule has 4 amide bonds. The minimum Gasteiger partial charge on any atom is -0.453 e. The van der Waals surface area contributed by atoms with Gasteiger partial charge in [0, 0.05) is 21.4 Å². The molecule has 2 fully saturated rings. The van der Waals surface area contributed by atoms with Crippen molar-refractivity contribution in [3.63, 3.8) is 0 Å². The number of amides is 4. The smallest absolute Gasteiger partial charge is 0.453 e. The third-order valence-corrected chi connectivity index (χ3v) is 11.0. The summed E-state index contributed by atoms with van der Waals surface area (Å²) in [5.74, 6) is -3.02. The van der Waals surface area contributed by atoms with E-state index in [1.54, 1.807) is 47.4 Å². The Bertz CT molecular complexity index is 2590. The minimum atomic E-state index is -5.03. The quantitative estimate of drug-likeness (QED) is 0.103. The average molecular weight is 850 g/mol. The topological polar surface area (TPSA) is 184 Å². The van der Waals surface area contributed by atoms with E-state index in [9.17, 15) is 32.3 Å². The van der Waals surface area contributed by atoms with E-state index in [-0.39, 0.29) is 23.9 Å². The van der Waals surface area contributed by atoms with Crippen molar-refractivity contribution < 1.29 is 50.7 Å². The molecule has 2 aliphatic heterocycles. The molecule has 3 aromatic carbocycles. The molecular formula is C43H49F3N8O7. The van der Waals surface area contributed by atoms with Crippen molar-refractivity contribution in [3.05, 3.63) is 66.2 Å². The van der Waals surface area contributed by atoms with Gasteiger partial charge in [0.15, 0.2) is 0 Å². The Hall–Kier alpha value is -6.33. The van der Waals surface area contributed by atoms with Crippen molar-refractivity contribution in [2.75, 3.05) is 27.3 Å². The zero-order valence-electron chi connectivity index (χ0n) is 37.2. The normalized spacial score (nSPS) is 20.0. The number of likely N-dealkylation sites (tertiary alicyclic amines) is 2. The van der Waals surface area contributed by atoms with Gasteiger partial charge in [0.25, 0.3) is 0 Å². The second kappa shape index (κ2) is 17.3. The Labute approximate surface area is 353 Å². The lowest BCUT2D eigenvalue weighted by Crippen LogP contribution is -2.51. The summed E-state index contributed by atoms with van der Waals surface area (Å²) in [6, 6.07) is 10.1. The van der Waals surface area contributed by atoms with Crippen molar-refractivity contribution in [2.45, 2.75) is 83.9 Å². The van der Waals surface area contributed by atoms with E-state index in [0.717, 1.165) is 13.5 Å². The molecule has 0 aliphatic carbocycles. The van der Waals surface area contributed by atoms with Crippen LogP contribution in [0.2, 0.25) is 0 Å². The molecule has 0 saturated carbocycles. The van der Waals surface area contributed by atoms with Crippen LogP contribution in [0, 0.1) is 11.8 Å². The van der Waals surface area contributed by atoms with E-state index in [2.05, 4.69) is 35.1 Å². The van der Waals surface area contributed by atoms with Crippen LogP contribution in [0.1, 0.15) is 81.2 Å². The van der Waals surface area contributed by atoms with Gasteiger partial charge in [0.1, 0.15) is 29.5 Å². The molecule has 0 spiro atoms. The first-order valence-corrected chi connectivity index (χ1v) is 19.8. The van der Waals surface area contributed by atoms with Crippen LogP contribution in [0.3, 0.4) is 0 Å². The first-order valence-electron chi connectivity index (χ1n) is 21.5. The van der Waals surface area contributed by atoms with Crippen LogP contribution < -0.4 is 15.4 Å². The largest absolute Gasteiger partial charge is 0.573 e. The van der Waals surface area contributed by atoms with Gasteiger partial charge in [-0.3, -0.25) is 9.59 Å². The fraction of sp³-hybridized carbons (Fsp3) is 0.442. The van der Waals surface area contributed by atoms with Gasteiger partial charge in [-0.15, -0.1) is 13.2 Å². The third kappa shape index (κ3) is 9.07. The van der Waals surface area contributed by atoms with Gasteiger partial charge in [0.2, 0.25) is 11.8 Å². The summed E-state index contributed by atoms with van der Waals surface area (Å²) >= 11 is 0. The van der Waals surface area contributed by atoms with Crippen molar-refractivity contribution in [1.82, 2.24) is 40.4 Å². The van der Waals surface area contributed by atoms with E-state index in [0.29, 0.717) is 76.2 Å². The van der Waals surface area contributed by atoms with E-state index in [4.69, 9.17) is 13.8 Å². The maximum absolute atomic E-state index is 14.0. The van der Waals surface area contributed by atoms with Gasteiger partial charge in [-0.25, -0.2) is 19.6 Å². The zero-order chi connectivity index (χ0) is 46.3. The number of alkyl carbamates (subject to hydrolysis) is 2. The number of carbonyl (C=O) groups is 4. The van der Waals surface area contributed by atoms with Crippen LogP contribution in [-0.4, -0.2) is 99.5 Å². The van der Waals surface area contributed by atoms with Crippen molar-refractivity contribution >= 4 is 46.1 Å². The number of nitrogens with zero attached hydrogens (tertiary/aromatic N) is 4. The van der Waals surface area contributed by atoms with Gasteiger partial charge in [-0.1, -0.05) is 51.9 Å². The van der Waals surface area contributed by atoms with Gasteiger partial charge in [0.05, 0.1) is 49.7 Å². The predicted molar refractivity (Wildman–Crippen MR) is 219 cm³/mol. The second-order valence-corrected chi connectivity index (χ2v) is 15.4. The molecule has 15 nitrogen and oxygen atoms in total. The fourth-order valence-electron chi connectivity index (χ4n) is 8.00. The fourth-order valence-corrected chi connectivity index (χ4v) is 8.00. The number of fused-ring (bicyclic) bond motifs is 2. The Morgan fingerprint density at radius 2 is 1.31 bits per heavy atom. The van der Waals surface area contributed by atoms with Crippen LogP contribution in [-0.2, 0) is 19.1 Å². The van der Waals surface area contributed by atoms with Gasteiger partial charge in [-0.05, 0) is 84.5 Å². The number of carbonyl (C=O) groups excluding carboxylic acids is 4. The highest BCUT2D eigenvalue weighted by Crippen LogP contribution is 2.40. The molecule has 0 radical (unpaired) electrons. The summed E-state index contributed by atoms with van der Waals surface area (Å²) in [5, 5.41) is 4.79. The highest BCUT2D eigenvalue weighted by molar-refractivity contribution is 5.89. The molecule has 5 aromatic rings. The summed E-state index contributed by atoms with van der Waals surface area (Å²) in [5.41, 5.74) is 3.57. The van der Waals surface area contributed by atoms with Crippen molar-refractivity contribution in [2.24, 2.45) is 11.8 Å². The highest BCUT2D eigenvalue weighted by atomic mass is 19.4. The van der Waals surface area contributed by atoms with Crippen LogP contribution in [0.15, 0.2) is 54.6 Å². The number of imidazole rings is 2. The third-order valence-electron chi connectivity index (χ3n) is 11.0. The molecule has 18 heteroatoms. The molecule has 4 N–H and O–H groups in total. The molecule has 324 valence electrons. The number of rotatable bonds is 11. The van der Waals surface area contributed by atoms with Gasteiger partial charge >= 0.3 is 18.5 Å². The number of aromatic nitrogens is 4. The van der Waals surface area contributed by atoms with Crippen molar-refractivity contribution in [1.29, 1.82) is 0 Å². The van der Waals surface area contributed by atoms with Crippen LogP contribution in [0.25, 0.3) is 44.3 Å². The SMILES string of the molecule is [2H]CC([2H])(C)[C@]([2H])(NC(=O)OC)C(=O)N1CCC[C@H]1c1nc2ccc(-c3ccc(-c4ccc5nc([C@@H]6CCCN6C(=O)[C@@H](NC(=O)OC)C(C)C)[nH]c5c4)cc3OC(F)(F)F)cc2[nH]1. The number of hydrogen-bond donors (Lipinski definition) is 4. The maximum Gasteiger partial charge on any atom is 0.573 e. The molecule has 5 atom stereocenters. The molecule has 61 heavy (non-hydrogen) atoms. The number of nitrogens with one attached hydrogen (secondary N) is 4. The lowest BCUT2D eigenvalue weighted by molar-refractivity contribution is -0.274. The minimum absolute atomic E-state index is 0.132. The molecule has 0 bridgehead atoms. The zero-order valence-corrected chi connectivity index (χ0v) is 34.2. The monoisotopic (exact) mass is 849 g/mol. The Morgan fingerprint density at radius 3 is 1.87 bits per heavy atom. The number of aromatic amines is 2. The summed E-state index contributed by atoms with van der Waals surface area (Å²) < 4.78 is 81.3. The van der Waals surface area contributed by atoms with E-state index in [1.165, 1.54) is 31.1 Å². The Kier molecular flexibility index (Phi) is 11.0. The lowest BCUT2D eigenvalue weighted by atomic mass is 9.98. The Morgan fingerprint density at radius 1 is 0.787 bits per heavy atom. The lowest BCUT2D eigenvalue weighted by Gasteiger charge is -2.29. The highest BCUT2D eigenvalue weighted by Gasteiger charge is 2.39. The number of alkyl halides is 3. The Balaban J connectivity index is 1.16. The number of ether oxygens (including phenoxy) is 3. The summed E-state index contributed by atoms with van der Waals surface area (Å²) in [6.07, 6.45) is -4.56. The van der Waals surface area contributed by atoms with Gasteiger partial charge in [-0.2, -0.15) is 0 Å². The first kappa shape index (κ1) is 38.8. The van der Waals surface area contributed by atoms with Crippen LogP contribution >= 0.6 is 0 Å². The number of hydrogen-bond acceptors (Lipinski definition) is 9. The number of H-pyrrole nitrogens is 2. The average Bonchev–Trinajstić information content (AvgIpc) is 4.09. The molecule has 7 rings (SSSR count). The maximum atomic E-state index is 14.0. The van der Waals surface area contributed by atoms with Gasteiger partial charge < -0.3 is 44.6 Å². The second-order valence-electron chi connectivity index (χ2n) is 15.4. The summed E-state index contributed by atoms with van der Waals surface area (Å²) in [7, 11) is 2.29. The van der Waals surface area contributed by atoms with Crippen LogP contribution in [0.5, 0.6) is 5.75 Å².